The van der Waals surface area contributed by atoms with Crippen LogP contribution in [0.2, 0.25) is 0 Å². The number of nitriles is 1. The highest BCUT2D eigenvalue weighted by atomic mass is 127. The van der Waals surface area contributed by atoms with Crippen LogP contribution >= 0.6 is 22.6 Å². The van der Waals surface area contributed by atoms with E-state index in [2.05, 4.69) is 4.98 Å². The smallest absolute Gasteiger partial charge is 0.213 e. The largest absolute Gasteiger partial charge is 0.231 e. The Kier molecular flexibility index (Phi) is 2.17. The van der Waals surface area contributed by atoms with Crippen molar-refractivity contribution in [2.45, 2.75) is 0 Å². The third-order valence-corrected chi connectivity index (χ3v) is 1.54. The molecule has 10 heavy (non-hydrogen) atoms. The van der Waals surface area contributed by atoms with Crippen LogP contribution in [0.4, 0.5) is 4.39 Å². The summed E-state index contributed by atoms with van der Waals surface area (Å²) in [5.41, 5.74) is -0.0135. The molecule has 0 radical (unpaired) electrons. The quantitative estimate of drug-likeness (QED) is 0.517. The van der Waals surface area contributed by atoms with Crippen molar-refractivity contribution in [1.29, 1.82) is 5.26 Å². The van der Waals surface area contributed by atoms with Crippen LogP contribution in [0.25, 0.3) is 0 Å². The van der Waals surface area contributed by atoms with E-state index in [-0.39, 0.29) is 5.56 Å². The predicted molar refractivity (Wildman–Crippen MR) is 41.6 cm³/mol. The minimum Gasteiger partial charge on any atom is -0.213 e. The van der Waals surface area contributed by atoms with Crippen molar-refractivity contribution in [3.63, 3.8) is 0 Å². The maximum Gasteiger partial charge on any atom is 0.231 e. The van der Waals surface area contributed by atoms with Crippen molar-refractivity contribution in [3.05, 3.63) is 27.3 Å². The number of aromatic nitrogens is 1. The third kappa shape index (κ3) is 1.42. The van der Waals surface area contributed by atoms with Crippen molar-refractivity contribution in [3.8, 4) is 6.07 Å². The molecule has 0 atom stereocenters. The maximum atomic E-state index is 12.5. The number of halogens is 2. The Morgan fingerprint density at radius 2 is 2.30 bits per heavy atom. The number of hydrogen-bond acceptors (Lipinski definition) is 2. The van der Waals surface area contributed by atoms with Gasteiger partial charge in [-0.15, -0.1) is 0 Å². The summed E-state index contributed by atoms with van der Waals surface area (Å²) in [6.07, 6.45) is 0. The Morgan fingerprint density at radius 1 is 1.60 bits per heavy atom. The lowest BCUT2D eigenvalue weighted by Crippen LogP contribution is -1.89. The van der Waals surface area contributed by atoms with E-state index in [1.165, 1.54) is 6.07 Å². The highest BCUT2D eigenvalue weighted by Crippen LogP contribution is 2.05. The molecule has 0 aliphatic rings. The van der Waals surface area contributed by atoms with Gasteiger partial charge in [0.1, 0.15) is 15.3 Å². The molecule has 50 valence electrons. The average Bonchev–Trinajstić information content (AvgIpc) is 1.88. The molecule has 0 N–H and O–H groups in total. The lowest BCUT2D eigenvalue weighted by atomic mass is 10.3. The van der Waals surface area contributed by atoms with Gasteiger partial charge in [-0.05, 0) is 34.7 Å². The highest BCUT2D eigenvalue weighted by Gasteiger charge is 2.00. The summed E-state index contributed by atoms with van der Waals surface area (Å²) in [5, 5.41) is 8.28. The summed E-state index contributed by atoms with van der Waals surface area (Å²) < 4.78 is 13.1. The van der Waals surface area contributed by atoms with Crippen LogP contribution in [0.15, 0.2) is 12.1 Å². The molecule has 4 heteroatoms. The van der Waals surface area contributed by atoms with Gasteiger partial charge in [0, 0.05) is 0 Å². The van der Waals surface area contributed by atoms with Gasteiger partial charge in [0.15, 0.2) is 0 Å². The molecule has 0 saturated carbocycles. The predicted octanol–water partition coefficient (Wildman–Crippen LogP) is 1.70. The molecule has 0 saturated heterocycles. The standard InChI is InChI=1S/C6H2FIN2/c7-6-4(3-9)1-2-5(8)10-6/h1-2H. The molecule has 0 bridgehead atoms. The second-order valence-electron chi connectivity index (χ2n) is 1.58. The zero-order chi connectivity index (χ0) is 7.56. The first kappa shape index (κ1) is 7.41. The number of hydrogen-bond donors (Lipinski definition) is 0. The fraction of sp³-hybridized carbons (Fsp3) is 0. The van der Waals surface area contributed by atoms with E-state index in [9.17, 15) is 4.39 Å². The van der Waals surface area contributed by atoms with Crippen LogP contribution in [-0.4, -0.2) is 4.98 Å². The van der Waals surface area contributed by atoms with E-state index in [1.807, 2.05) is 22.6 Å². The first-order valence-electron chi connectivity index (χ1n) is 2.46. The Labute approximate surface area is 70.8 Å². The molecular formula is C6H2FIN2. The summed E-state index contributed by atoms with van der Waals surface area (Å²) in [5.74, 6) is -0.700. The van der Waals surface area contributed by atoms with Crippen molar-refractivity contribution >= 4 is 22.6 Å². The molecule has 0 aromatic carbocycles. The summed E-state index contributed by atoms with van der Waals surface area (Å²) in [7, 11) is 0. The zero-order valence-corrected chi connectivity index (χ0v) is 6.96. The Bertz CT molecular complexity index is 292. The summed E-state index contributed by atoms with van der Waals surface area (Å²) in [4.78, 5) is 3.44. The molecule has 1 aromatic rings. The van der Waals surface area contributed by atoms with E-state index in [0.717, 1.165) is 0 Å². The maximum absolute atomic E-state index is 12.5. The normalized spacial score (nSPS) is 8.90. The van der Waals surface area contributed by atoms with Crippen LogP contribution in [-0.2, 0) is 0 Å². The van der Waals surface area contributed by atoms with E-state index in [1.54, 1.807) is 12.1 Å². The van der Waals surface area contributed by atoms with Gasteiger partial charge in [0.2, 0.25) is 5.95 Å². The van der Waals surface area contributed by atoms with Crippen molar-refractivity contribution in [2.75, 3.05) is 0 Å². The van der Waals surface area contributed by atoms with Gasteiger partial charge >= 0.3 is 0 Å². The second-order valence-corrected chi connectivity index (χ2v) is 2.69. The third-order valence-electron chi connectivity index (χ3n) is 0.935. The SMILES string of the molecule is N#Cc1ccc(I)nc1F. The van der Waals surface area contributed by atoms with Gasteiger partial charge in [-0.1, -0.05) is 0 Å². The Hall–Kier alpha value is -0.700. The molecule has 1 rings (SSSR count). The van der Waals surface area contributed by atoms with Crippen molar-refractivity contribution in [1.82, 2.24) is 4.98 Å². The molecular weight excluding hydrogens is 246 g/mol. The Morgan fingerprint density at radius 3 is 2.80 bits per heavy atom. The molecule has 1 heterocycles. The fourth-order valence-corrected chi connectivity index (χ4v) is 0.887. The lowest BCUT2D eigenvalue weighted by molar-refractivity contribution is 0.576. The van der Waals surface area contributed by atoms with Crippen LogP contribution in [0.1, 0.15) is 5.56 Å². The molecule has 0 unspecified atom stereocenters. The van der Waals surface area contributed by atoms with E-state index in [0.29, 0.717) is 3.70 Å². The first-order chi connectivity index (χ1) is 4.74. The van der Waals surface area contributed by atoms with Crippen molar-refractivity contribution in [2.24, 2.45) is 0 Å². The molecule has 0 aliphatic heterocycles. The summed E-state index contributed by atoms with van der Waals surface area (Å²) >= 11 is 1.88. The van der Waals surface area contributed by atoms with Crippen LogP contribution in [0.3, 0.4) is 0 Å². The fourth-order valence-electron chi connectivity index (χ4n) is 0.496. The minimum atomic E-state index is -0.700. The van der Waals surface area contributed by atoms with Crippen molar-refractivity contribution < 1.29 is 4.39 Å². The monoisotopic (exact) mass is 248 g/mol. The molecule has 0 fully saturated rings. The molecule has 2 nitrogen and oxygen atoms in total. The van der Waals surface area contributed by atoms with Gasteiger partial charge in [-0.3, -0.25) is 0 Å². The van der Waals surface area contributed by atoms with Gasteiger partial charge in [0.25, 0.3) is 0 Å². The zero-order valence-electron chi connectivity index (χ0n) is 4.81. The molecule has 0 spiro atoms. The lowest BCUT2D eigenvalue weighted by Gasteiger charge is -1.90. The van der Waals surface area contributed by atoms with Crippen LogP contribution in [0, 0.1) is 21.0 Å². The first-order valence-corrected chi connectivity index (χ1v) is 3.54. The summed E-state index contributed by atoms with van der Waals surface area (Å²) in [6.45, 7) is 0. The highest BCUT2D eigenvalue weighted by molar-refractivity contribution is 14.1. The number of rotatable bonds is 0. The molecule has 1 aromatic heterocycles. The van der Waals surface area contributed by atoms with E-state index < -0.39 is 5.95 Å². The average molecular weight is 248 g/mol. The Balaban J connectivity index is 3.23. The topological polar surface area (TPSA) is 36.7 Å². The van der Waals surface area contributed by atoms with Crippen LogP contribution < -0.4 is 0 Å². The second kappa shape index (κ2) is 2.92. The number of pyridine rings is 1. The van der Waals surface area contributed by atoms with Gasteiger partial charge in [0.05, 0.1) is 0 Å². The number of nitrogens with zero attached hydrogens (tertiary/aromatic N) is 2. The van der Waals surface area contributed by atoms with Gasteiger partial charge < -0.3 is 0 Å². The molecule has 0 aliphatic carbocycles. The molecule has 0 amide bonds. The van der Waals surface area contributed by atoms with Gasteiger partial charge in [-0.2, -0.15) is 9.65 Å². The minimum absolute atomic E-state index is 0.0135. The van der Waals surface area contributed by atoms with E-state index >= 15 is 0 Å². The van der Waals surface area contributed by atoms with Crippen LogP contribution in [0.5, 0.6) is 0 Å². The van der Waals surface area contributed by atoms with E-state index in [4.69, 9.17) is 5.26 Å². The van der Waals surface area contributed by atoms with Gasteiger partial charge in [-0.25, -0.2) is 4.98 Å². The summed E-state index contributed by atoms with van der Waals surface area (Å²) in [6, 6.07) is 4.67.